The fraction of sp³-hybridized carbons (Fsp3) is 0.0714. The fourth-order valence-electron chi connectivity index (χ4n) is 1.77. The van der Waals surface area contributed by atoms with Crippen LogP contribution >= 0.6 is 12.2 Å². The first-order chi connectivity index (χ1) is 10.4. The molecule has 1 N–H and O–H groups in total. The average molecular weight is 336 g/mol. The largest absolute Gasteiger partial charge is 0.273 e. The van der Waals surface area contributed by atoms with Gasteiger partial charge in [0.1, 0.15) is 0 Å². The molecule has 0 aromatic heterocycles. The van der Waals surface area contributed by atoms with Gasteiger partial charge in [0.15, 0.2) is 0 Å². The lowest BCUT2D eigenvalue weighted by Crippen LogP contribution is -2.30. The lowest BCUT2D eigenvalue weighted by Gasteiger charge is -2.09. The molecule has 0 aliphatic heterocycles. The van der Waals surface area contributed by atoms with Gasteiger partial charge in [-0.15, -0.1) is 0 Å². The van der Waals surface area contributed by atoms with Crippen molar-refractivity contribution < 1.29 is 13.3 Å². The Morgan fingerprint density at radius 2 is 1.68 bits per heavy atom. The number of hydrogen-bond donors (Lipinski definition) is 1. The number of benzene rings is 2. The summed E-state index contributed by atoms with van der Waals surface area (Å²) in [5.74, 6) is 0. The number of sulfonamides is 1. The van der Waals surface area contributed by atoms with E-state index in [2.05, 4.69) is 4.72 Å². The molecule has 0 saturated carbocycles. The van der Waals surface area contributed by atoms with Crippen molar-refractivity contribution in [2.24, 2.45) is 0 Å². The smallest absolute Gasteiger partial charge is 0.269 e. The first-order valence-corrected chi connectivity index (χ1v) is 8.12. The Morgan fingerprint density at radius 1 is 1.09 bits per heavy atom. The zero-order chi connectivity index (χ0) is 16.2. The van der Waals surface area contributed by atoms with E-state index in [0.29, 0.717) is 6.42 Å². The second-order valence-electron chi connectivity index (χ2n) is 4.44. The van der Waals surface area contributed by atoms with Crippen molar-refractivity contribution in [3.63, 3.8) is 0 Å². The van der Waals surface area contributed by atoms with Crippen molar-refractivity contribution in [2.45, 2.75) is 11.3 Å². The van der Waals surface area contributed by atoms with Gasteiger partial charge in [-0.05, 0) is 17.7 Å². The fourth-order valence-corrected chi connectivity index (χ4v) is 3.25. The van der Waals surface area contributed by atoms with Crippen molar-refractivity contribution in [1.29, 1.82) is 0 Å². The van der Waals surface area contributed by atoms with Gasteiger partial charge < -0.3 is 0 Å². The predicted octanol–water partition coefficient (Wildman–Crippen LogP) is 2.44. The van der Waals surface area contributed by atoms with Gasteiger partial charge in [0.05, 0.1) is 14.8 Å². The highest BCUT2D eigenvalue weighted by atomic mass is 32.2. The van der Waals surface area contributed by atoms with Crippen LogP contribution in [0.15, 0.2) is 59.5 Å². The number of hydrogen-bond acceptors (Lipinski definition) is 5. The predicted molar refractivity (Wildman–Crippen MR) is 86.2 cm³/mol. The highest BCUT2D eigenvalue weighted by Gasteiger charge is 2.17. The molecule has 2 aromatic carbocycles. The number of nitro groups is 1. The Bertz CT molecular complexity index is 787. The first-order valence-electron chi connectivity index (χ1n) is 6.22. The summed E-state index contributed by atoms with van der Waals surface area (Å²) in [5, 5.41) is 10.6. The van der Waals surface area contributed by atoms with E-state index >= 15 is 0 Å². The van der Waals surface area contributed by atoms with Crippen LogP contribution < -0.4 is 4.72 Å². The second kappa shape index (κ2) is 6.63. The number of nitrogens with zero attached hydrogens (tertiary/aromatic N) is 1. The third-order valence-corrected chi connectivity index (χ3v) is 4.60. The van der Waals surface area contributed by atoms with Crippen molar-refractivity contribution in [2.75, 3.05) is 0 Å². The number of thiocarbonyl (C=S) groups is 1. The van der Waals surface area contributed by atoms with Crippen LogP contribution in [-0.4, -0.2) is 18.3 Å². The molecule has 0 heterocycles. The second-order valence-corrected chi connectivity index (χ2v) is 6.62. The molecule has 0 amide bonds. The topological polar surface area (TPSA) is 89.3 Å². The molecule has 0 unspecified atom stereocenters. The molecular weight excluding hydrogens is 324 g/mol. The minimum atomic E-state index is -3.84. The van der Waals surface area contributed by atoms with Crippen LogP contribution in [0.1, 0.15) is 5.56 Å². The van der Waals surface area contributed by atoms with E-state index in [-0.39, 0.29) is 15.6 Å². The molecule has 0 aliphatic carbocycles. The van der Waals surface area contributed by atoms with Gasteiger partial charge in [0, 0.05) is 18.6 Å². The third kappa shape index (κ3) is 4.09. The first kappa shape index (κ1) is 16.1. The maximum absolute atomic E-state index is 12.1. The summed E-state index contributed by atoms with van der Waals surface area (Å²) in [6.45, 7) is 0. The molecule has 0 spiro atoms. The summed E-state index contributed by atoms with van der Waals surface area (Å²) >= 11 is 5.05. The van der Waals surface area contributed by atoms with Gasteiger partial charge in [0.25, 0.3) is 15.7 Å². The Kier molecular flexibility index (Phi) is 4.84. The summed E-state index contributed by atoms with van der Waals surface area (Å²) in [4.78, 5) is 10.1. The Hall–Kier alpha value is -2.32. The maximum Gasteiger partial charge on any atom is 0.269 e. The van der Waals surface area contributed by atoms with Crippen molar-refractivity contribution in [1.82, 2.24) is 4.72 Å². The van der Waals surface area contributed by atoms with Crippen LogP contribution in [0.5, 0.6) is 0 Å². The Balaban J connectivity index is 2.10. The number of rotatable bonds is 5. The van der Waals surface area contributed by atoms with E-state index in [4.69, 9.17) is 12.2 Å². The highest BCUT2D eigenvalue weighted by Crippen LogP contribution is 2.15. The molecule has 0 aliphatic rings. The molecule has 22 heavy (non-hydrogen) atoms. The molecular formula is C14H12N2O4S2. The van der Waals surface area contributed by atoms with Crippen molar-refractivity contribution >= 4 is 32.9 Å². The van der Waals surface area contributed by atoms with E-state index in [0.717, 1.165) is 17.7 Å². The minimum absolute atomic E-state index is 0.0755. The molecule has 2 rings (SSSR count). The van der Waals surface area contributed by atoms with Gasteiger partial charge in [-0.1, -0.05) is 42.5 Å². The molecule has 114 valence electrons. The molecule has 0 bridgehead atoms. The van der Waals surface area contributed by atoms with E-state index in [9.17, 15) is 18.5 Å². The molecule has 0 saturated heterocycles. The van der Waals surface area contributed by atoms with Crippen LogP contribution in [-0.2, 0) is 16.4 Å². The third-order valence-electron chi connectivity index (χ3n) is 2.81. The van der Waals surface area contributed by atoms with Gasteiger partial charge in [-0.25, -0.2) is 8.42 Å². The van der Waals surface area contributed by atoms with E-state index in [1.165, 1.54) is 12.1 Å². The molecule has 0 atom stereocenters. The van der Waals surface area contributed by atoms with E-state index < -0.39 is 14.9 Å². The monoisotopic (exact) mass is 336 g/mol. The Morgan fingerprint density at radius 3 is 2.23 bits per heavy atom. The standard InChI is InChI=1S/C14H12N2O4S2/c17-16(18)12-6-8-13(9-7-12)22(19,20)15-14(21)10-11-4-2-1-3-5-11/h1-9H,10H2,(H,15,21). The van der Waals surface area contributed by atoms with Gasteiger partial charge in [-0.3, -0.25) is 14.8 Å². The Labute approximate surface area is 133 Å². The summed E-state index contributed by atoms with van der Waals surface area (Å²) < 4.78 is 26.6. The number of non-ortho nitro benzene ring substituents is 1. The van der Waals surface area contributed by atoms with Crippen LogP contribution in [0.2, 0.25) is 0 Å². The minimum Gasteiger partial charge on any atom is -0.273 e. The van der Waals surface area contributed by atoms with Gasteiger partial charge in [-0.2, -0.15) is 0 Å². The average Bonchev–Trinajstić information content (AvgIpc) is 2.47. The van der Waals surface area contributed by atoms with Crippen LogP contribution in [0.25, 0.3) is 0 Å². The van der Waals surface area contributed by atoms with Crippen LogP contribution in [0.3, 0.4) is 0 Å². The lowest BCUT2D eigenvalue weighted by molar-refractivity contribution is -0.384. The number of nitro benzene ring substituents is 1. The summed E-state index contributed by atoms with van der Waals surface area (Å²) in [6, 6.07) is 13.8. The molecule has 0 fully saturated rings. The molecule has 0 radical (unpaired) electrons. The normalized spacial score (nSPS) is 10.9. The van der Waals surface area contributed by atoms with Crippen molar-refractivity contribution in [3.8, 4) is 0 Å². The molecule has 2 aromatic rings. The van der Waals surface area contributed by atoms with E-state index in [1.54, 1.807) is 0 Å². The summed E-state index contributed by atoms with van der Waals surface area (Å²) in [5.41, 5.74) is 0.713. The zero-order valence-corrected chi connectivity index (χ0v) is 12.9. The highest BCUT2D eigenvalue weighted by molar-refractivity contribution is 7.91. The number of nitrogens with one attached hydrogen (secondary N) is 1. The lowest BCUT2D eigenvalue weighted by atomic mass is 10.2. The zero-order valence-electron chi connectivity index (χ0n) is 11.3. The maximum atomic E-state index is 12.1. The van der Waals surface area contributed by atoms with Crippen LogP contribution in [0.4, 0.5) is 5.69 Å². The van der Waals surface area contributed by atoms with Crippen molar-refractivity contribution in [3.05, 3.63) is 70.3 Å². The van der Waals surface area contributed by atoms with E-state index in [1.807, 2.05) is 30.3 Å². The summed E-state index contributed by atoms with van der Waals surface area (Å²) in [6.07, 6.45) is 0.294. The summed E-state index contributed by atoms with van der Waals surface area (Å²) in [7, 11) is -3.84. The quantitative estimate of drug-likeness (QED) is 0.514. The van der Waals surface area contributed by atoms with Gasteiger partial charge in [0.2, 0.25) is 0 Å². The van der Waals surface area contributed by atoms with Crippen LogP contribution in [0, 0.1) is 10.1 Å². The molecule has 6 nitrogen and oxygen atoms in total. The van der Waals surface area contributed by atoms with Gasteiger partial charge >= 0.3 is 0 Å². The molecule has 8 heteroatoms. The SMILES string of the molecule is O=[N+]([O-])c1ccc(S(=O)(=O)NC(=S)Cc2ccccc2)cc1.